The van der Waals surface area contributed by atoms with Crippen molar-refractivity contribution in [2.75, 3.05) is 5.32 Å². The van der Waals surface area contributed by atoms with Crippen LogP contribution in [-0.2, 0) is 0 Å². The lowest BCUT2D eigenvalue weighted by molar-refractivity contribution is 0.102. The van der Waals surface area contributed by atoms with E-state index >= 15 is 0 Å². The van der Waals surface area contributed by atoms with E-state index in [-0.39, 0.29) is 5.91 Å². The molecule has 2 aromatic heterocycles. The van der Waals surface area contributed by atoms with Gasteiger partial charge in [-0.25, -0.2) is 4.98 Å². The van der Waals surface area contributed by atoms with Gasteiger partial charge in [-0.05, 0) is 66.1 Å². The minimum Gasteiger partial charge on any atom is -0.320 e. The van der Waals surface area contributed by atoms with Crippen molar-refractivity contribution in [3.63, 3.8) is 0 Å². The summed E-state index contributed by atoms with van der Waals surface area (Å²) in [5.41, 5.74) is 6.77. The lowest BCUT2D eigenvalue weighted by Gasteiger charge is -2.22. The molecule has 1 saturated carbocycles. The van der Waals surface area contributed by atoms with Crippen LogP contribution >= 0.6 is 0 Å². The first-order valence-corrected chi connectivity index (χ1v) is 11.1. The van der Waals surface area contributed by atoms with Crippen LogP contribution < -0.4 is 5.32 Å². The number of aromatic nitrogens is 2. The van der Waals surface area contributed by atoms with E-state index in [9.17, 15) is 4.79 Å². The van der Waals surface area contributed by atoms with E-state index in [0.717, 1.165) is 22.5 Å². The third kappa shape index (κ3) is 4.11. The molecule has 1 N–H and O–H groups in total. The Hall–Kier alpha value is -3.40. The van der Waals surface area contributed by atoms with Gasteiger partial charge in [0.2, 0.25) is 0 Å². The minimum absolute atomic E-state index is 0.198. The maximum Gasteiger partial charge on any atom is 0.275 e. The van der Waals surface area contributed by atoms with Crippen molar-refractivity contribution in [1.29, 1.82) is 0 Å². The van der Waals surface area contributed by atoms with Crippen LogP contribution in [0.1, 0.15) is 59.6 Å². The number of imidazole rings is 1. The highest BCUT2D eigenvalue weighted by Gasteiger charge is 2.16. The van der Waals surface area contributed by atoms with Gasteiger partial charge in [0.15, 0.2) is 0 Å². The zero-order chi connectivity index (χ0) is 21.2. The Morgan fingerprint density at radius 3 is 2.42 bits per heavy atom. The lowest BCUT2D eigenvalue weighted by Crippen LogP contribution is -2.13. The SMILES string of the molecule is Cc1ccccc1NC(=O)c1cn2cc(-c3ccc(C4CCCCC4)cc3)ccc2n1. The Kier molecular flexibility index (Phi) is 5.29. The number of nitrogens with one attached hydrogen (secondary N) is 1. The highest BCUT2D eigenvalue weighted by molar-refractivity contribution is 6.03. The predicted molar refractivity (Wildman–Crippen MR) is 126 cm³/mol. The molecule has 0 radical (unpaired) electrons. The maximum absolute atomic E-state index is 12.7. The summed E-state index contributed by atoms with van der Waals surface area (Å²) in [5.74, 6) is 0.518. The molecule has 156 valence electrons. The molecule has 0 aliphatic heterocycles. The second-order valence-corrected chi connectivity index (χ2v) is 8.54. The number of hydrogen-bond donors (Lipinski definition) is 1. The van der Waals surface area contributed by atoms with Crippen molar-refractivity contribution in [3.05, 3.63) is 89.9 Å². The van der Waals surface area contributed by atoms with E-state index < -0.39 is 0 Å². The van der Waals surface area contributed by atoms with E-state index in [2.05, 4.69) is 40.6 Å². The molecule has 2 aromatic carbocycles. The van der Waals surface area contributed by atoms with Gasteiger partial charge in [-0.1, -0.05) is 61.7 Å². The number of nitrogens with zero attached hydrogens (tertiary/aromatic N) is 2. The molecule has 1 fully saturated rings. The summed E-state index contributed by atoms with van der Waals surface area (Å²) in [5, 5.41) is 2.96. The largest absolute Gasteiger partial charge is 0.320 e. The first kappa shape index (κ1) is 19.6. The number of para-hydroxylation sites is 1. The van der Waals surface area contributed by atoms with Crippen LogP contribution in [0.5, 0.6) is 0 Å². The van der Waals surface area contributed by atoms with Crippen LogP contribution in [0.25, 0.3) is 16.8 Å². The van der Waals surface area contributed by atoms with Gasteiger partial charge in [0.1, 0.15) is 11.3 Å². The summed E-state index contributed by atoms with van der Waals surface area (Å²) in [7, 11) is 0. The molecule has 4 heteroatoms. The first-order chi connectivity index (χ1) is 15.2. The number of pyridine rings is 1. The summed E-state index contributed by atoms with van der Waals surface area (Å²) in [6.07, 6.45) is 10.5. The number of carbonyl (C=O) groups excluding carboxylic acids is 1. The van der Waals surface area contributed by atoms with E-state index in [1.807, 2.05) is 47.9 Å². The molecule has 1 aliphatic carbocycles. The average Bonchev–Trinajstić information content (AvgIpc) is 3.25. The maximum atomic E-state index is 12.7. The number of amides is 1. The normalized spacial score (nSPS) is 14.6. The fourth-order valence-corrected chi connectivity index (χ4v) is 4.56. The minimum atomic E-state index is -0.198. The number of hydrogen-bond acceptors (Lipinski definition) is 2. The van der Waals surface area contributed by atoms with E-state index in [4.69, 9.17) is 0 Å². The van der Waals surface area contributed by atoms with Gasteiger partial charge in [0.05, 0.1) is 0 Å². The van der Waals surface area contributed by atoms with Gasteiger partial charge >= 0.3 is 0 Å². The fraction of sp³-hybridized carbons (Fsp3) is 0.259. The zero-order valence-corrected chi connectivity index (χ0v) is 17.8. The average molecular weight is 410 g/mol. The summed E-state index contributed by atoms with van der Waals surface area (Å²) in [4.78, 5) is 17.2. The first-order valence-electron chi connectivity index (χ1n) is 11.1. The number of benzene rings is 2. The van der Waals surface area contributed by atoms with Crippen LogP contribution in [0.2, 0.25) is 0 Å². The quantitative estimate of drug-likeness (QED) is 0.412. The van der Waals surface area contributed by atoms with Crippen LogP contribution in [0, 0.1) is 6.92 Å². The standard InChI is InChI=1S/C27H27N3O/c1-19-7-5-6-10-24(19)29-27(31)25-18-30-17-23(15-16-26(30)28-25)22-13-11-21(12-14-22)20-8-3-2-4-9-20/h5-7,10-18,20H,2-4,8-9H2,1H3,(H,29,31). The monoisotopic (exact) mass is 409 g/mol. The molecule has 0 unspecified atom stereocenters. The molecule has 0 saturated heterocycles. The van der Waals surface area contributed by atoms with Crippen LogP contribution in [-0.4, -0.2) is 15.3 Å². The predicted octanol–water partition coefficient (Wildman–Crippen LogP) is 6.61. The van der Waals surface area contributed by atoms with Crippen molar-refractivity contribution >= 4 is 17.2 Å². The molecule has 2 heterocycles. The third-order valence-electron chi connectivity index (χ3n) is 6.40. The van der Waals surface area contributed by atoms with Gasteiger partial charge in [-0.15, -0.1) is 0 Å². The number of carbonyl (C=O) groups is 1. The Balaban J connectivity index is 1.37. The zero-order valence-electron chi connectivity index (χ0n) is 17.8. The Labute approximate surface area is 183 Å². The number of rotatable bonds is 4. The Bertz CT molecular complexity index is 1220. The topological polar surface area (TPSA) is 46.4 Å². The van der Waals surface area contributed by atoms with Gasteiger partial charge in [-0.3, -0.25) is 4.79 Å². The molecule has 0 atom stereocenters. The molecule has 31 heavy (non-hydrogen) atoms. The second-order valence-electron chi connectivity index (χ2n) is 8.54. The highest BCUT2D eigenvalue weighted by atomic mass is 16.1. The molecule has 0 bridgehead atoms. The Morgan fingerprint density at radius 1 is 0.903 bits per heavy atom. The number of anilines is 1. The molecule has 4 nitrogen and oxygen atoms in total. The summed E-state index contributed by atoms with van der Waals surface area (Å²) >= 11 is 0. The van der Waals surface area contributed by atoms with E-state index in [1.165, 1.54) is 43.2 Å². The number of fused-ring (bicyclic) bond motifs is 1. The van der Waals surface area contributed by atoms with Gasteiger partial charge < -0.3 is 9.72 Å². The molecule has 1 amide bonds. The van der Waals surface area contributed by atoms with Crippen LogP contribution in [0.4, 0.5) is 5.69 Å². The third-order valence-corrected chi connectivity index (χ3v) is 6.40. The summed E-state index contributed by atoms with van der Waals surface area (Å²) in [6, 6.07) is 20.8. The fourth-order valence-electron chi connectivity index (χ4n) is 4.56. The molecular weight excluding hydrogens is 382 g/mol. The summed E-state index contributed by atoms with van der Waals surface area (Å²) < 4.78 is 1.93. The van der Waals surface area contributed by atoms with E-state index in [1.54, 1.807) is 6.20 Å². The van der Waals surface area contributed by atoms with Gasteiger partial charge in [-0.2, -0.15) is 0 Å². The van der Waals surface area contributed by atoms with Crippen molar-refractivity contribution < 1.29 is 4.79 Å². The molecule has 5 rings (SSSR count). The van der Waals surface area contributed by atoms with Crippen molar-refractivity contribution in [2.24, 2.45) is 0 Å². The molecule has 0 spiro atoms. The van der Waals surface area contributed by atoms with Gasteiger partial charge in [0, 0.05) is 18.1 Å². The highest BCUT2D eigenvalue weighted by Crippen LogP contribution is 2.33. The van der Waals surface area contributed by atoms with Gasteiger partial charge in [0.25, 0.3) is 5.91 Å². The molecule has 4 aromatic rings. The Morgan fingerprint density at radius 2 is 1.65 bits per heavy atom. The number of aryl methyl sites for hydroxylation is 1. The van der Waals surface area contributed by atoms with Crippen molar-refractivity contribution in [2.45, 2.75) is 44.9 Å². The molecular formula is C27H27N3O. The van der Waals surface area contributed by atoms with Crippen molar-refractivity contribution in [1.82, 2.24) is 9.38 Å². The smallest absolute Gasteiger partial charge is 0.275 e. The lowest BCUT2D eigenvalue weighted by atomic mass is 9.84. The summed E-state index contributed by atoms with van der Waals surface area (Å²) in [6.45, 7) is 1.98. The van der Waals surface area contributed by atoms with E-state index in [0.29, 0.717) is 11.6 Å². The van der Waals surface area contributed by atoms with Crippen molar-refractivity contribution in [3.8, 4) is 11.1 Å². The van der Waals surface area contributed by atoms with Crippen LogP contribution in [0.3, 0.4) is 0 Å². The van der Waals surface area contributed by atoms with Crippen LogP contribution in [0.15, 0.2) is 73.1 Å². The molecule has 1 aliphatic rings. The second kappa shape index (κ2) is 8.38.